The monoisotopic (exact) mass is 1730 g/mol. The Morgan fingerprint density at radius 3 is 0.907 bits per heavy atom. The van der Waals surface area contributed by atoms with Gasteiger partial charge in [-0.3, -0.25) is 14.4 Å². The average Bonchev–Trinajstić information content (AvgIpc) is 0.761. The van der Waals surface area contributed by atoms with Crippen LogP contribution in [0.5, 0.6) is 0 Å². The molecule has 52 heteroatoms. The first kappa shape index (κ1) is 96.8. The lowest BCUT2D eigenvalue weighted by Crippen LogP contribution is -2.71. The minimum atomic E-state index is -2.50. The Hall–Kier alpha value is -3.43. The standard InChI is InChI=1S/C66H111N3O49/c1-14-30(80)37(87)43(93)61(101-14)115-53-28(68-17(4)78)58(107-24(11-75)51(53)114-65-47(97)55(34(84)21(8-72)106-65)117-59-27(67-16(3)77)36(86)49(23(10-74)108-59)111-63-45(95)39(89)32(82)19(6-70)104-63)100-13-26-35(85)56(48(98)66(110-26)112-50-22(9-73)103-57(99)42(92)41(50)91)118-60-29(69-18(5)79)54(116-62-44(94)38(88)31(81)15(2)102-62)52(25(12-76)109-60)113-64-46(96)40(90)33(83)20(7-71)105-64/h14-15,19-66,70-76,80-99H,6-13H2,1-5H3,(H,67,77)(H,68,78)(H,69,79)/t14-,15-,19+,20+,21+,22+,23+,24+,25+,26+,27+,28+,29+,30+,31+,32-,33-,34-,35-,36+,37+,38+,39-,40-,41+,42+,43-,44-,45+,46+,47+,48+,49+,50+,51+,52+,53+,54+,55-,56-,57?,58+,59-,60-,61-,62-,63-,64-,65-,66-/m0/s1. The van der Waals surface area contributed by atoms with Crippen LogP contribution in [0.15, 0.2) is 0 Å². The van der Waals surface area contributed by atoms with E-state index in [0.717, 1.165) is 20.8 Å². The molecule has 1 unspecified atom stereocenters. The molecule has 0 bridgehead atoms. The zero-order chi connectivity index (χ0) is 86.8. The summed E-state index contributed by atoms with van der Waals surface area (Å²) in [6.07, 6.45) is -96.8. The second kappa shape index (κ2) is 41.8. The molecule has 10 rings (SSSR count). The van der Waals surface area contributed by atoms with E-state index in [4.69, 9.17) is 90.0 Å². The normalized spacial score (nSPS) is 51.1. The second-order valence-corrected chi connectivity index (χ2v) is 30.2. The number of amides is 3. The molecular formula is C66H111N3O49. The van der Waals surface area contributed by atoms with Crippen LogP contribution in [0.4, 0.5) is 0 Å². The molecule has 0 aromatic rings. The first-order valence-electron chi connectivity index (χ1n) is 37.9. The molecule has 10 fully saturated rings. The molecule has 10 aliphatic rings. The predicted octanol–water partition coefficient (Wildman–Crippen LogP) is -20.3. The molecule has 0 aliphatic carbocycles. The van der Waals surface area contributed by atoms with Gasteiger partial charge in [0.2, 0.25) is 17.7 Å². The van der Waals surface area contributed by atoms with Crippen LogP contribution in [-0.4, -0.2) is 515 Å². The van der Waals surface area contributed by atoms with E-state index in [0.29, 0.717) is 0 Å². The number of hydrogen-bond donors (Lipinski definition) is 30. The molecule has 50 atom stereocenters. The van der Waals surface area contributed by atoms with Crippen molar-refractivity contribution in [2.24, 2.45) is 0 Å². The Kier molecular flexibility index (Phi) is 34.3. The van der Waals surface area contributed by atoms with Gasteiger partial charge in [-0.25, -0.2) is 0 Å². The zero-order valence-corrected chi connectivity index (χ0v) is 63.6. The van der Waals surface area contributed by atoms with Crippen LogP contribution in [0.1, 0.15) is 34.6 Å². The SMILES string of the molecule is CC(=O)N[C@H]1[C@H](O[C@H]2[C@@H](O)[C@@H](CO)O[C@@H](O[C@H]3[C@H](O[C@@H]4O[C@@H](C)[C@@H](O)[C@@H](O)[C@@H]4O)[C@@H](NC(C)=O)[C@H](OC[C@H]4O[C@@H](O[C@H]5[C@H](O)[C@@H](O)C(O)O[C@@H]5CO)[C@H](O)[C@@H](O[C@@H]5O[C@H](CO)[C@@H](O[C@@H]6O[C@H](CO)[C@H](O)[C@H](O)[C@H]6O)[C@H](O[C@@H]6O[C@@H](C)[C@@H](O)[C@@H](O)[C@@H]6O)[C@H]5NC(C)=O)[C@H]4O)O[C@@H]3CO)[C@@H]2O)O[C@H](CO)[C@@H](O[C@@H]2O[C@H](CO)[C@H](O)[C@H](O)[C@H]2O)[C@@H]1O. The van der Waals surface area contributed by atoms with Crippen molar-refractivity contribution in [3.63, 3.8) is 0 Å². The maximum absolute atomic E-state index is 13.7. The highest BCUT2D eigenvalue weighted by Crippen LogP contribution is 2.41. The minimum Gasteiger partial charge on any atom is -0.394 e. The topological polar surface area (TPSA) is 809 Å². The number of ether oxygens (including phenoxy) is 19. The molecule has 684 valence electrons. The molecular weight excluding hydrogens is 1620 g/mol. The van der Waals surface area contributed by atoms with E-state index in [1.165, 1.54) is 13.8 Å². The van der Waals surface area contributed by atoms with E-state index in [1.807, 2.05) is 0 Å². The highest BCUT2D eigenvalue weighted by molar-refractivity contribution is 5.74. The third kappa shape index (κ3) is 20.8. The quantitative estimate of drug-likeness (QED) is 0.0331. The summed E-state index contributed by atoms with van der Waals surface area (Å²) in [6, 6.07) is -5.93. The number of hydrogen-bond acceptors (Lipinski definition) is 49. The van der Waals surface area contributed by atoms with Crippen molar-refractivity contribution in [3.8, 4) is 0 Å². The maximum Gasteiger partial charge on any atom is 0.217 e. The lowest BCUT2D eigenvalue weighted by molar-refractivity contribution is -0.395. The van der Waals surface area contributed by atoms with Crippen molar-refractivity contribution >= 4 is 17.7 Å². The van der Waals surface area contributed by atoms with Gasteiger partial charge in [0, 0.05) is 20.8 Å². The summed E-state index contributed by atoms with van der Waals surface area (Å²) in [7, 11) is 0. The van der Waals surface area contributed by atoms with Gasteiger partial charge in [-0.2, -0.15) is 0 Å². The Labute approximate surface area is 668 Å². The highest BCUT2D eigenvalue weighted by Gasteiger charge is 2.62. The number of carbonyl (C=O) groups is 3. The van der Waals surface area contributed by atoms with Crippen molar-refractivity contribution in [1.82, 2.24) is 16.0 Å². The molecule has 3 amide bonds. The molecule has 118 heavy (non-hydrogen) atoms. The smallest absolute Gasteiger partial charge is 0.217 e. The third-order valence-corrected chi connectivity index (χ3v) is 22.0. The summed E-state index contributed by atoms with van der Waals surface area (Å²) in [5.74, 6) is -2.94. The Morgan fingerprint density at radius 1 is 0.237 bits per heavy atom. The van der Waals surface area contributed by atoms with Crippen molar-refractivity contribution < 1.29 is 242 Å². The lowest BCUT2D eigenvalue weighted by Gasteiger charge is -2.52. The summed E-state index contributed by atoms with van der Waals surface area (Å²) in [5, 5.41) is 306. The number of nitrogens with one attached hydrogen (secondary N) is 3. The van der Waals surface area contributed by atoms with Gasteiger partial charge in [0.15, 0.2) is 62.9 Å². The molecule has 0 spiro atoms. The van der Waals surface area contributed by atoms with E-state index < -0.39 is 377 Å². The van der Waals surface area contributed by atoms with E-state index in [2.05, 4.69) is 16.0 Å². The molecule has 30 N–H and O–H groups in total. The van der Waals surface area contributed by atoms with Gasteiger partial charge in [0.1, 0.15) is 232 Å². The number of rotatable bonds is 29. The van der Waals surface area contributed by atoms with Crippen molar-refractivity contribution in [3.05, 3.63) is 0 Å². The van der Waals surface area contributed by atoms with E-state index in [1.54, 1.807) is 0 Å². The molecule has 0 saturated carbocycles. The lowest BCUT2D eigenvalue weighted by atomic mass is 9.93. The first-order chi connectivity index (χ1) is 55.8. The van der Waals surface area contributed by atoms with Gasteiger partial charge < -0.3 is 244 Å². The van der Waals surface area contributed by atoms with Gasteiger partial charge in [-0.1, -0.05) is 0 Å². The third-order valence-electron chi connectivity index (χ3n) is 22.0. The summed E-state index contributed by atoms with van der Waals surface area (Å²) >= 11 is 0. The number of aliphatic hydroxyl groups is 27. The molecule has 0 aromatic heterocycles. The van der Waals surface area contributed by atoms with Crippen LogP contribution in [0, 0.1) is 0 Å². The van der Waals surface area contributed by atoms with Crippen LogP contribution in [0.25, 0.3) is 0 Å². The van der Waals surface area contributed by atoms with E-state index >= 15 is 0 Å². The largest absolute Gasteiger partial charge is 0.394 e. The fourth-order valence-corrected chi connectivity index (χ4v) is 15.4. The number of carbonyl (C=O) groups excluding carboxylic acids is 3. The first-order valence-corrected chi connectivity index (χ1v) is 37.9. The van der Waals surface area contributed by atoms with Crippen LogP contribution < -0.4 is 16.0 Å². The van der Waals surface area contributed by atoms with Crippen molar-refractivity contribution in [1.29, 1.82) is 0 Å². The summed E-state index contributed by atoms with van der Waals surface area (Å²) < 4.78 is 114. The van der Waals surface area contributed by atoms with Crippen LogP contribution in [0.3, 0.4) is 0 Å². The summed E-state index contributed by atoms with van der Waals surface area (Å²) in [6.45, 7) is -3.73. The zero-order valence-electron chi connectivity index (χ0n) is 63.6. The predicted molar refractivity (Wildman–Crippen MR) is 362 cm³/mol. The van der Waals surface area contributed by atoms with Gasteiger partial charge in [0.25, 0.3) is 0 Å². The average molecular weight is 1730 g/mol. The second-order valence-electron chi connectivity index (χ2n) is 30.2. The van der Waals surface area contributed by atoms with Crippen LogP contribution >= 0.6 is 0 Å². The summed E-state index contributed by atoms with van der Waals surface area (Å²) in [4.78, 5) is 40.0. The molecule has 10 saturated heterocycles. The molecule has 0 radical (unpaired) electrons. The van der Waals surface area contributed by atoms with Gasteiger partial charge in [-0.05, 0) is 13.8 Å². The fraction of sp³-hybridized carbons (Fsp3) is 0.955. The molecule has 10 heterocycles. The Morgan fingerprint density at radius 2 is 0.508 bits per heavy atom. The molecule has 10 aliphatic heterocycles. The molecule has 0 aromatic carbocycles. The van der Waals surface area contributed by atoms with Gasteiger partial charge >= 0.3 is 0 Å². The molecule has 52 nitrogen and oxygen atoms in total. The van der Waals surface area contributed by atoms with Gasteiger partial charge in [0.05, 0.1) is 65.1 Å². The highest BCUT2D eigenvalue weighted by atomic mass is 16.8. The van der Waals surface area contributed by atoms with E-state index in [-0.39, 0.29) is 0 Å². The van der Waals surface area contributed by atoms with Crippen LogP contribution in [0.2, 0.25) is 0 Å². The fourth-order valence-electron chi connectivity index (χ4n) is 15.4. The maximum atomic E-state index is 13.7. The van der Waals surface area contributed by atoms with Crippen molar-refractivity contribution in [2.75, 3.05) is 52.9 Å². The minimum absolute atomic E-state index is 0.917. The number of aliphatic hydroxyl groups excluding tert-OH is 27. The Balaban J connectivity index is 0.982. The summed E-state index contributed by atoms with van der Waals surface area (Å²) in [5.41, 5.74) is 0. The van der Waals surface area contributed by atoms with Crippen LogP contribution in [-0.2, 0) is 104 Å². The van der Waals surface area contributed by atoms with Gasteiger partial charge in [-0.15, -0.1) is 0 Å². The Bertz CT molecular complexity index is 3140. The van der Waals surface area contributed by atoms with Crippen molar-refractivity contribution in [2.45, 2.75) is 341 Å². The van der Waals surface area contributed by atoms with E-state index in [9.17, 15) is 152 Å².